The Labute approximate surface area is 119 Å². The fraction of sp³-hybridized carbons (Fsp3) is 0.533. The van der Waals surface area contributed by atoms with Crippen LogP contribution in [0.3, 0.4) is 0 Å². The minimum Gasteiger partial charge on any atom is -0.465 e. The van der Waals surface area contributed by atoms with Crippen molar-refractivity contribution in [3.8, 4) is 0 Å². The van der Waals surface area contributed by atoms with Crippen LogP contribution >= 0.6 is 0 Å². The standard InChI is InChI=1S/C15H23FN2O2/c1-3-7-18(11-15(19)20-4-2)10-13-8-14(16)6-5-12(13)9-17/h5-6,8H,3-4,7,9-11,17H2,1-2H3. The number of hydrogen-bond acceptors (Lipinski definition) is 4. The monoisotopic (exact) mass is 282 g/mol. The first-order valence-corrected chi connectivity index (χ1v) is 6.96. The van der Waals surface area contributed by atoms with Crippen LogP contribution in [0.25, 0.3) is 0 Å². The molecule has 2 N–H and O–H groups in total. The normalized spacial score (nSPS) is 10.8. The second kappa shape index (κ2) is 8.66. The summed E-state index contributed by atoms with van der Waals surface area (Å²) < 4.78 is 18.3. The highest BCUT2D eigenvalue weighted by Gasteiger charge is 2.13. The van der Waals surface area contributed by atoms with Crippen LogP contribution in [0, 0.1) is 5.82 Å². The van der Waals surface area contributed by atoms with Gasteiger partial charge in [-0.1, -0.05) is 13.0 Å². The summed E-state index contributed by atoms with van der Waals surface area (Å²) in [6.07, 6.45) is 0.909. The lowest BCUT2D eigenvalue weighted by Gasteiger charge is -2.22. The fourth-order valence-corrected chi connectivity index (χ4v) is 2.10. The number of esters is 1. The maximum absolute atomic E-state index is 13.4. The molecule has 1 aromatic carbocycles. The number of ether oxygens (including phenoxy) is 1. The molecule has 20 heavy (non-hydrogen) atoms. The molecule has 0 atom stereocenters. The lowest BCUT2D eigenvalue weighted by atomic mass is 10.1. The maximum atomic E-state index is 13.4. The number of hydrogen-bond donors (Lipinski definition) is 1. The Balaban J connectivity index is 2.78. The molecule has 0 aromatic heterocycles. The molecular formula is C15H23FN2O2. The van der Waals surface area contributed by atoms with E-state index in [1.807, 2.05) is 11.8 Å². The Morgan fingerprint density at radius 3 is 2.70 bits per heavy atom. The van der Waals surface area contributed by atoms with E-state index in [0.717, 1.165) is 24.1 Å². The molecule has 0 heterocycles. The molecule has 0 aliphatic carbocycles. The van der Waals surface area contributed by atoms with E-state index in [0.29, 0.717) is 19.7 Å². The minimum absolute atomic E-state index is 0.211. The molecule has 0 amide bonds. The van der Waals surface area contributed by atoms with Crippen molar-refractivity contribution in [1.29, 1.82) is 0 Å². The summed E-state index contributed by atoms with van der Waals surface area (Å²) >= 11 is 0. The van der Waals surface area contributed by atoms with Crippen LogP contribution in [-0.2, 0) is 22.6 Å². The predicted molar refractivity (Wildman–Crippen MR) is 76.5 cm³/mol. The van der Waals surface area contributed by atoms with E-state index in [2.05, 4.69) is 0 Å². The summed E-state index contributed by atoms with van der Waals surface area (Å²) in [7, 11) is 0. The Morgan fingerprint density at radius 1 is 1.35 bits per heavy atom. The molecule has 0 radical (unpaired) electrons. The minimum atomic E-state index is -0.287. The van der Waals surface area contributed by atoms with E-state index in [4.69, 9.17) is 10.5 Å². The van der Waals surface area contributed by atoms with Gasteiger partial charge < -0.3 is 10.5 Å². The molecule has 4 nitrogen and oxygen atoms in total. The molecule has 0 aliphatic rings. The van der Waals surface area contributed by atoms with Gasteiger partial charge in [0.05, 0.1) is 13.2 Å². The van der Waals surface area contributed by atoms with Crippen LogP contribution in [0.4, 0.5) is 4.39 Å². The van der Waals surface area contributed by atoms with Crippen molar-refractivity contribution in [1.82, 2.24) is 4.90 Å². The Bertz CT molecular complexity index is 438. The summed E-state index contributed by atoms with van der Waals surface area (Å²) in [5.74, 6) is -0.545. The average molecular weight is 282 g/mol. The molecule has 0 spiro atoms. The van der Waals surface area contributed by atoms with E-state index in [9.17, 15) is 9.18 Å². The van der Waals surface area contributed by atoms with Crippen LogP contribution in [0.1, 0.15) is 31.4 Å². The van der Waals surface area contributed by atoms with Crippen molar-refractivity contribution >= 4 is 5.97 Å². The second-order valence-corrected chi connectivity index (χ2v) is 4.63. The number of benzene rings is 1. The molecule has 0 bridgehead atoms. The van der Waals surface area contributed by atoms with Crippen LogP contribution in [0.5, 0.6) is 0 Å². The third kappa shape index (κ3) is 5.27. The van der Waals surface area contributed by atoms with Gasteiger partial charge in [-0.3, -0.25) is 9.69 Å². The first-order chi connectivity index (χ1) is 9.60. The van der Waals surface area contributed by atoms with Gasteiger partial charge in [-0.25, -0.2) is 4.39 Å². The first kappa shape index (κ1) is 16.6. The topological polar surface area (TPSA) is 55.6 Å². The van der Waals surface area contributed by atoms with E-state index in [-0.39, 0.29) is 18.3 Å². The molecule has 5 heteroatoms. The summed E-state index contributed by atoms with van der Waals surface area (Å²) in [6.45, 7) is 6.00. The van der Waals surface area contributed by atoms with Crippen LogP contribution in [-0.4, -0.2) is 30.6 Å². The largest absolute Gasteiger partial charge is 0.465 e. The van der Waals surface area contributed by atoms with Gasteiger partial charge >= 0.3 is 5.97 Å². The van der Waals surface area contributed by atoms with Crippen molar-refractivity contribution < 1.29 is 13.9 Å². The lowest BCUT2D eigenvalue weighted by Crippen LogP contribution is -2.31. The van der Waals surface area contributed by atoms with Gasteiger partial charge in [0.1, 0.15) is 5.82 Å². The van der Waals surface area contributed by atoms with E-state index in [1.165, 1.54) is 12.1 Å². The zero-order valence-electron chi connectivity index (χ0n) is 12.2. The van der Waals surface area contributed by atoms with E-state index in [1.54, 1.807) is 13.0 Å². The Morgan fingerprint density at radius 2 is 2.10 bits per heavy atom. The van der Waals surface area contributed by atoms with E-state index < -0.39 is 0 Å². The van der Waals surface area contributed by atoms with Gasteiger partial charge in [-0.05, 0) is 43.1 Å². The average Bonchev–Trinajstić information content (AvgIpc) is 2.39. The zero-order valence-corrected chi connectivity index (χ0v) is 12.2. The number of halogens is 1. The van der Waals surface area contributed by atoms with E-state index >= 15 is 0 Å². The van der Waals surface area contributed by atoms with Crippen molar-refractivity contribution in [2.75, 3.05) is 19.7 Å². The molecule has 1 rings (SSSR count). The molecule has 1 aromatic rings. The van der Waals surface area contributed by atoms with Gasteiger partial charge in [0.2, 0.25) is 0 Å². The number of nitrogens with zero attached hydrogens (tertiary/aromatic N) is 1. The molecule has 0 saturated heterocycles. The van der Waals surface area contributed by atoms with Gasteiger partial charge in [0.15, 0.2) is 0 Å². The molecule has 0 aliphatic heterocycles. The third-order valence-electron chi connectivity index (χ3n) is 2.98. The second-order valence-electron chi connectivity index (χ2n) is 4.63. The predicted octanol–water partition coefficient (Wildman–Crippen LogP) is 2.06. The van der Waals surface area contributed by atoms with Gasteiger partial charge in [-0.15, -0.1) is 0 Å². The summed E-state index contributed by atoms with van der Waals surface area (Å²) in [5, 5.41) is 0. The van der Waals surface area contributed by atoms with Crippen molar-refractivity contribution in [2.45, 2.75) is 33.4 Å². The van der Waals surface area contributed by atoms with Crippen LogP contribution < -0.4 is 5.73 Å². The quantitative estimate of drug-likeness (QED) is 0.742. The van der Waals surface area contributed by atoms with Crippen LogP contribution in [0.15, 0.2) is 18.2 Å². The smallest absolute Gasteiger partial charge is 0.320 e. The molecule has 0 saturated carbocycles. The van der Waals surface area contributed by atoms with Crippen molar-refractivity contribution in [3.63, 3.8) is 0 Å². The Hall–Kier alpha value is -1.46. The van der Waals surface area contributed by atoms with Crippen LogP contribution in [0.2, 0.25) is 0 Å². The maximum Gasteiger partial charge on any atom is 0.320 e. The number of nitrogens with two attached hydrogens (primary N) is 1. The summed E-state index contributed by atoms with van der Waals surface area (Å²) in [4.78, 5) is 13.5. The summed E-state index contributed by atoms with van der Waals surface area (Å²) in [6, 6.07) is 4.58. The highest BCUT2D eigenvalue weighted by molar-refractivity contribution is 5.71. The summed E-state index contributed by atoms with van der Waals surface area (Å²) in [5.41, 5.74) is 7.39. The number of carbonyl (C=O) groups is 1. The highest BCUT2D eigenvalue weighted by Crippen LogP contribution is 2.14. The molecule has 0 fully saturated rings. The molecular weight excluding hydrogens is 259 g/mol. The lowest BCUT2D eigenvalue weighted by molar-refractivity contribution is -0.144. The zero-order chi connectivity index (χ0) is 15.0. The van der Waals surface area contributed by atoms with Crippen molar-refractivity contribution in [3.05, 3.63) is 35.1 Å². The molecule has 0 unspecified atom stereocenters. The molecule has 112 valence electrons. The Kier molecular flexibility index (Phi) is 7.18. The first-order valence-electron chi connectivity index (χ1n) is 6.96. The SMILES string of the molecule is CCCN(CC(=O)OCC)Cc1cc(F)ccc1CN. The van der Waals surface area contributed by atoms with Gasteiger partial charge in [0, 0.05) is 13.1 Å². The highest BCUT2D eigenvalue weighted by atomic mass is 19.1. The van der Waals surface area contributed by atoms with Gasteiger partial charge in [-0.2, -0.15) is 0 Å². The number of rotatable bonds is 8. The number of carbonyl (C=O) groups excluding carboxylic acids is 1. The fourth-order valence-electron chi connectivity index (χ4n) is 2.10. The van der Waals surface area contributed by atoms with Gasteiger partial charge in [0.25, 0.3) is 0 Å². The van der Waals surface area contributed by atoms with Crippen molar-refractivity contribution in [2.24, 2.45) is 5.73 Å². The third-order valence-corrected chi connectivity index (χ3v) is 2.98.